The van der Waals surface area contributed by atoms with E-state index in [1.54, 1.807) is 47.5 Å². The maximum atomic E-state index is 14.2. The molecule has 0 radical (unpaired) electrons. The van der Waals surface area contributed by atoms with Gasteiger partial charge in [0.1, 0.15) is 24.2 Å². The van der Waals surface area contributed by atoms with E-state index in [0.717, 1.165) is 16.7 Å². The van der Waals surface area contributed by atoms with Gasteiger partial charge in [-0.25, -0.2) is 0 Å². The number of likely N-dealkylation sites (N-methyl/N-ethyl adjacent to an activating group) is 1. The molecule has 434 valence electrons. The molecule has 5 N–H and O–H groups in total. The fraction of sp³-hybridized carbons (Fsp3) is 0.557. The summed E-state index contributed by atoms with van der Waals surface area (Å²) >= 11 is 0. The minimum Gasteiger partial charge on any atom is -0.343 e. The molecule has 4 fully saturated rings. The zero-order valence-corrected chi connectivity index (χ0v) is 48.3. The molecule has 0 aromatic heterocycles. The number of carbonyl (C=O) groups excluding carboxylic acids is 9. The van der Waals surface area contributed by atoms with Gasteiger partial charge in [-0.2, -0.15) is 0 Å². The van der Waals surface area contributed by atoms with Gasteiger partial charge in [0.25, 0.3) is 5.91 Å². The van der Waals surface area contributed by atoms with Gasteiger partial charge in [0.15, 0.2) is 0 Å². The first-order valence-corrected chi connectivity index (χ1v) is 28.6. The van der Waals surface area contributed by atoms with Gasteiger partial charge < -0.3 is 46.2 Å². The number of hydrogen-bond donors (Lipinski definition) is 5. The Morgan fingerprint density at radius 3 is 1.49 bits per heavy atom. The van der Waals surface area contributed by atoms with Gasteiger partial charge >= 0.3 is 0 Å². The van der Waals surface area contributed by atoms with Gasteiger partial charge in [-0.3, -0.25) is 48.1 Å². The molecule has 8 atom stereocenters. The van der Waals surface area contributed by atoms with E-state index in [0.29, 0.717) is 71.0 Å². The van der Waals surface area contributed by atoms with E-state index in [1.807, 2.05) is 119 Å². The summed E-state index contributed by atoms with van der Waals surface area (Å²) < 4.78 is 0. The highest BCUT2D eigenvalue weighted by atomic mass is 16.2. The van der Waals surface area contributed by atoms with E-state index in [2.05, 4.69) is 26.6 Å². The van der Waals surface area contributed by atoms with Crippen LogP contribution in [0.5, 0.6) is 0 Å². The number of hydrogen-bond acceptors (Lipinski definition) is 11. The van der Waals surface area contributed by atoms with E-state index in [9.17, 15) is 43.2 Å². The van der Waals surface area contributed by atoms with Crippen LogP contribution in [0, 0.1) is 17.8 Å². The summed E-state index contributed by atoms with van der Waals surface area (Å²) in [5.74, 6) is -2.45. The normalized spacial score (nSPS) is 21.9. The Morgan fingerprint density at radius 1 is 0.588 bits per heavy atom. The highest BCUT2D eigenvalue weighted by molar-refractivity contribution is 6.00. The van der Waals surface area contributed by atoms with Crippen molar-refractivity contribution in [1.82, 2.24) is 51.1 Å². The van der Waals surface area contributed by atoms with Crippen molar-refractivity contribution in [3.63, 3.8) is 0 Å². The SMILES string of the molecule is CNC[C@@H](C)C(=O)N[C@H]1CN(C(=O)CC(C)C)CC[C@H]2CC[C@@H](C(=O)NC(c3ccccc3)c3ccccc3)N2C1=O.CN[C@@H](C)C(=O)N[C@H]1CN(C(=O)CC(C)C)CC[C@H]2CC[C@@H](C(=O)N(Cc3ccccc3)C(C)=O)N2C1=O. The molecule has 0 unspecified atom stereocenters. The van der Waals surface area contributed by atoms with E-state index in [4.69, 9.17) is 0 Å². The van der Waals surface area contributed by atoms with Crippen molar-refractivity contribution in [2.75, 3.05) is 46.8 Å². The molecule has 9 amide bonds. The zero-order chi connectivity index (χ0) is 58.2. The van der Waals surface area contributed by atoms with Gasteiger partial charge in [0.2, 0.25) is 47.3 Å². The summed E-state index contributed by atoms with van der Waals surface area (Å²) in [6.07, 6.45) is 4.04. The lowest BCUT2D eigenvalue weighted by Crippen LogP contribution is -2.62. The second-order valence-corrected chi connectivity index (χ2v) is 22.7. The number of imide groups is 1. The second-order valence-electron chi connectivity index (χ2n) is 22.7. The summed E-state index contributed by atoms with van der Waals surface area (Å²) in [5, 5.41) is 14.8. The summed E-state index contributed by atoms with van der Waals surface area (Å²) in [6.45, 7) is 14.4. The molecule has 19 nitrogen and oxygen atoms in total. The van der Waals surface area contributed by atoms with Crippen molar-refractivity contribution in [2.45, 2.75) is 155 Å². The van der Waals surface area contributed by atoms with Crippen molar-refractivity contribution in [2.24, 2.45) is 17.8 Å². The molecule has 0 saturated carbocycles. The van der Waals surface area contributed by atoms with Crippen LogP contribution in [0.3, 0.4) is 0 Å². The Labute approximate surface area is 472 Å². The third-order valence-electron chi connectivity index (χ3n) is 15.6. The number of rotatable bonds is 18. The molecule has 80 heavy (non-hydrogen) atoms. The summed E-state index contributed by atoms with van der Waals surface area (Å²) in [5.41, 5.74) is 2.72. The molecule has 19 heteroatoms. The van der Waals surface area contributed by atoms with Crippen LogP contribution in [0.25, 0.3) is 0 Å². The number of benzene rings is 3. The molecule has 3 aromatic carbocycles. The molecular weight excluding hydrogens is 1020 g/mol. The minimum absolute atomic E-state index is 0.0189. The monoisotopic (exact) mass is 1100 g/mol. The van der Waals surface area contributed by atoms with Crippen LogP contribution in [0.15, 0.2) is 91.0 Å². The highest BCUT2D eigenvalue weighted by Gasteiger charge is 2.48. The molecule has 7 rings (SSSR count). The third-order valence-corrected chi connectivity index (χ3v) is 15.6. The lowest BCUT2D eigenvalue weighted by molar-refractivity contribution is -0.154. The van der Waals surface area contributed by atoms with Crippen LogP contribution < -0.4 is 26.6 Å². The quantitative estimate of drug-likeness (QED) is 0.122. The fourth-order valence-electron chi connectivity index (χ4n) is 11.2. The standard InChI is InChI=1S/C33H45N5O4.C28H41N5O5/c1-22(2)19-29(39)37-18-17-26-15-16-28(38(26)33(42)27(21-37)35-31(40)23(3)20-34-4)32(41)36-30(24-11-7-5-8-12-24)25-13-9-6-10-14-25;1-18(2)15-25(35)31-14-13-22-11-12-24(28(38)32(20(4)34)16-21-9-7-6-8-10-21)33(22)27(37)23(17-31)30-26(36)19(3)29-5/h5-14,22-23,26-28,30,34H,15-21H2,1-4H3,(H,35,40)(H,36,41);6-10,18-19,22-24,29H,11-17H2,1-5H3,(H,30,36)/t23-,26-,27+,28+;19-,22+,23-,24-/m10/s1. The van der Waals surface area contributed by atoms with Gasteiger partial charge in [-0.05, 0) is 88.1 Å². The molecular formula is C61H86N10O9. The van der Waals surface area contributed by atoms with Crippen LogP contribution in [-0.2, 0) is 49.7 Å². The van der Waals surface area contributed by atoms with Gasteiger partial charge in [-0.1, -0.05) is 126 Å². The van der Waals surface area contributed by atoms with Gasteiger partial charge in [0.05, 0.1) is 18.6 Å². The van der Waals surface area contributed by atoms with Gasteiger partial charge in [-0.15, -0.1) is 0 Å². The van der Waals surface area contributed by atoms with Crippen LogP contribution in [0.4, 0.5) is 0 Å². The molecule has 0 bridgehead atoms. The van der Waals surface area contributed by atoms with Crippen LogP contribution in [0.1, 0.15) is 123 Å². The Kier molecular flexibility index (Phi) is 22.9. The van der Waals surface area contributed by atoms with Crippen LogP contribution >= 0.6 is 0 Å². The molecule has 4 heterocycles. The highest BCUT2D eigenvalue weighted by Crippen LogP contribution is 2.33. The lowest BCUT2D eigenvalue weighted by atomic mass is 9.98. The Balaban J connectivity index is 0.000000259. The lowest BCUT2D eigenvalue weighted by Gasteiger charge is -2.39. The van der Waals surface area contributed by atoms with Crippen molar-refractivity contribution in [3.8, 4) is 0 Å². The second kappa shape index (κ2) is 29.5. The molecule has 4 saturated heterocycles. The number of carbonyl (C=O) groups is 9. The molecule has 4 aliphatic heterocycles. The fourth-order valence-corrected chi connectivity index (χ4v) is 11.2. The summed E-state index contributed by atoms with van der Waals surface area (Å²) in [4.78, 5) is 128. The first-order chi connectivity index (χ1) is 38.2. The van der Waals surface area contributed by atoms with E-state index >= 15 is 0 Å². The summed E-state index contributed by atoms with van der Waals surface area (Å²) in [7, 11) is 3.42. The van der Waals surface area contributed by atoms with Crippen molar-refractivity contribution in [3.05, 3.63) is 108 Å². The van der Waals surface area contributed by atoms with E-state index in [1.165, 1.54) is 11.8 Å². The number of fused-ring (bicyclic) bond motifs is 2. The predicted octanol–water partition coefficient (Wildman–Crippen LogP) is 4.16. The third kappa shape index (κ3) is 16.3. The van der Waals surface area contributed by atoms with Crippen molar-refractivity contribution in [1.29, 1.82) is 0 Å². The zero-order valence-electron chi connectivity index (χ0n) is 48.3. The first kappa shape index (κ1) is 62.2. The maximum Gasteiger partial charge on any atom is 0.252 e. The van der Waals surface area contributed by atoms with Crippen LogP contribution in [0.2, 0.25) is 0 Å². The van der Waals surface area contributed by atoms with Crippen molar-refractivity contribution < 1.29 is 43.2 Å². The topological polar surface area (TPSA) is 230 Å². The maximum absolute atomic E-state index is 14.2. The predicted molar refractivity (Wildman–Crippen MR) is 305 cm³/mol. The van der Waals surface area contributed by atoms with Crippen LogP contribution in [-0.4, -0.2) is 167 Å². The Hall–Kier alpha value is -6.99. The van der Waals surface area contributed by atoms with E-state index in [-0.39, 0.29) is 96.9 Å². The number of amides is 9. The smallest absolute Gasteiger partial charge is 0.252 e. The number of nitrogens with zero attached hydrogens (tertiary/aromatic N) is 5. The average Bonchev–Trinajstić information content (AvgIpc) is 4.17. The Bertz CT molecular complexity index is 2560. The first-order valence-electron chi connectivity index (χ1n) is 28.6. The minimum atomic E-state index is -0.995. The average molecular weight is 1100 g/mol. The van der Waals surface area contributed by atoms with E-state index < -0.39 is 42.0 Å². The number of nitrogens with one attached hydrogen (secondary N) is 5. The Morgan fingerprint density at radius 2 is 1.04 bits per heavy atom. The van der Waals surface area contributed by atoms with Gasteiger partial charge in [0, 0.05) is 70.5 Å². The molecule has 4 aliphatic rings. The summed E-state index contributed by atoms with van der Waals surface area (Å²) in [6, 6.07) is 24.1. The largest absolute Gasteiger partial charge is 0.343 e. The molecule has 0 spiro atoms. The van der Waals surface area contributed by atoms with Crippen molar-refractivity contribution >= 4 is 53.2 Å². The molecule has 3 aromatic rings. The molecule has 0 aliphatic carbocycles.